The van der Waals surface area contributed by atoms with Crippen LogP contribution in [0.25, 0.3) is 0 Å². The number of nitrogens with zero attached hydrogens (tertiary/aromatic N) is 4. The van der Waals surface area contributed by atoms with Crippen molar-refractivity contribution < 1.29 is 4.52 Å². The van der Waals surface area contributed by atoms with Gasteiger partial charge in [-0.1, -0.05) is 104 Å². The number of aromatic nitrogens is 2. The lowest BCUT2D eigenvalue weighted by atomic mass is 9.75. The van der Waals surface area contributed by atoms with Crippen LogP contribution in [0.5, 0.6) is 0 Å². The fourth-order valence-electron chi connectivity index (χ4n) is 4.65. The van der Waals surface area contributed by atoms with Crippen LogP contribution >= 0.6 is 0 Å². The summed E-state index contributed by atoms with van der Waals surface area (Å²) in [5.74, 6) is 6.92. The first kappa shape index (κ1) is 21.7. The molecule has 0 aliphatic carbocycles. The summed E-state index contributed by atoms with van der Waals surface area (Å²) in [5.41, 5.74) is 2.93. The molecule has 1 atom stereocenters. The maximum Gasteiger partial charge on any atom is 0.246 e. The molecule has 5 rings (SSSR count). The lowest BCUT2D eigenvalue weighted by molar-refractivity contribution is 0.228. The second-order valence-electron chi connectivity index (χ2n) is 8.25. The quantitative estimate of drug-likeness (QED) is 0.310. The fraction of sp³-hybridized carbons (Fsp3) is 0.207. The summed E-state index contributed by atoms with van der Waals surface area (Å²) in [6, 6.07) is 31.8. The third-order valence-electron chi connectivity index (χ3n) is 6.14. The molecule has 1 aliphatic heterocycles. The predicted molar refractivity (Wildman–Crippen MR) is 133 cm³/mol. The summed E-state index contributed by atoms with van der Waals surface area (Å²) in [5, 5.41) is 4.06. The van der Waals surface area contributed by atoms with Crippen molar-refractivity contribution in [3.05, 3.63) is 119 Å². The Balaban J connectivity index is 1.64. The van der Waals surface area contributed by atoms with Crippen molar-refractivity contribution >= 4 is 6.34 Å². The first-order chi connectivity index (χ1) is 16.8. The third-order valence-corrected chi connectivity index (χ3v) is 6.14. The van der Waals surface area contributed by atoms with E-state index < -0.39 is 5.54 Å². The summed E-state index contributed by atoms with van der Waals surface area (Å²) in [4.78, 5) is 11.6. The SMILES string of the molecule is CCC#Cc1noc(C2CN=CN(C(c3ccccc3)(c3ccccc3)c3ccccc3)C2)n1. The second-order valence-corrected chi connectivity index (χ2v) is 8.25. The molecule has 0 fully saturated rings. The molecule has 0 saturated carbocycles. The molecule has 4 aromatic rings. The van der Waals surface area contributed by atoms with Gasteiger partial charge in [0.15, 0.2) is 0 Å². The predicted octanol–water partition coefficient (Wildman–Crippen LogP) is 5.25. The zero-order valence-electron chi connectivity index (χ0n) is 19.1. The number of rotatable bonds is 5. The van der Waals surface area contributed by atoms with Gasteiger partial charge in [0.1, 0.15) is 5.54 Å². The van der Waals surface area contributed by atoms with Gasteiger partial charge >= 0.3 is 0 Å². The van der Waals surface area contributed by atoms with E-state index in [4.69, 9.17) is 9.52 Å². The molecule has 0 N–H and O–H groups in total. The van der Waals surface area contributed by atoms with Gasteiger partial charge in [0.2, 0.25) is 11.7 Å². The maximum atomic E-state index is 5.62. The van der Waals surface area contributed by atoms with E-state index in [0.717, 1.165) is 6.42 Å². The van der Waals surface area contributed by atoms with Crippen LogP contribution in [-0.4, -0.2) is 34.5 Å². The standard InChI is InChI=1S/C29H26N4O/c1-2-3-19-27-31-28(34-32-27)23-20-30-22-33(21-23)29(24-13-7-4-8-14-24,25-15-9-5-10-16-25)26-17-11-6-12-18-26/h4-18,22-23H,2,20-21H2,1H3. The van der Waals surface area contributed by atoms with Crippen LogP contribution in [0, 0.1) is 11.8 Å². The summed E-state index contributed by atoms with van der Waals surface area (Å²) >= 11 is 0. The molecule has 0 spiro atoms. The van der Waals surface area contributed by atoms with Gasteiger partial charge in [-0.25, -0.2) is 0 Å². The van der Waals surface area contributed by atoms with Gasteiger partial charge in [-0.15, -0.1) is 0 Å². The highest BCUT2D eigenvalue weighted by molar-refractivity contribution is 5.64. The monoisotopic (exact) mass is 446 g/mol. The smallest absolute Gasteiger partial charge is 0.246 e. The normalized spacial score (nSPS) is 15.6. The lowest BCUT2D eigenvalue weighted by Gasteiger charge is -2.46. The van der Waals surface area contributed by atoms with Crippen LogP contribution in [0.3, 0.4) is 0 Å². The van der Waals surface area contributed by atoms with Crippen molar-refractivity contribution in [3.63, 3.8) is 0 Å². The van der Waals surface area contributed by atoms with E-state index >= 15 is 0 Å². The Labute approximate surface area is 200 Å². The Morgan fingerprint density at radius 3 is 1.97 bits per heavy atom. The lowest BCUT2D eigenvalue weighted by Crippen LogP contribution is -2.50. The number of aliphatic imine (C=N–C) groups is 1. The van der Waals surface area contributed by atoms with E-state index in [2.05, 4.69) is 118 Å². The minimum absolute atomic E-state index is 0.0369. The molecule has 0 bridgehead atoms. The fourth-order valence-corrected chi connectivity index (χ4v) is 4.65. The van der Waals surface area contributed by atoms with Gasteiger partial charge in [-0.2, -0.15) is 4.98 Å². The Morgan fingerprint density at radius 1 is 0.882 bits per heavy atom. The average Bonchev–Trinajstić information content (AvgIpc) is 3.39. The van der Waals surface area contributed by atoms with Crippen LogP contribution in [0.15, 0.2) is 101 Å². The van der Waals surface area contributed by atoms with E-state index in [9.17, 15) is 0 Å². The Morgan fingerprint density at radius 2 is 1.44 bits per heavy atom. The zero-order valence-corrected chi connectivity index (χ0v) is 19.1. The molecule has 0 radical (unpaired) electrons. The summed E-state index contributed by atoms with van der Waals surface area (Å²) in [7, 11) is 0. The summed E-state index contributed by atoms with van der Waals surface area (Å²) in [6.45, 7) is 3.26. The second kappa shape index (κ2) is 9.76. The largest absolute Gasteiger partial charge is 0.344 e. The third kappa shape index (κ3) is 3.99. The maximum absolute atomic E-state index is 5.62. The molecule has 5 heteroatoms. The molecule has 168 valence electrons. The summed E-state index contributed by atoms with van der Waals surface area (Å²) < 4.78 is 5.62. The van der Waals surface area contributed by atoms with Crippen LogP contribution in [0.2, 0.25) is 0 Å². The molecular weight excluding hydrogens is 420 g/mol. The van der Waals surface area contributed by atoms with Crippen molar-refractivity contribution in [3.8, 4) is 11.8 Å². The van der Waals surface area contributed by atoms with Gasteiger partial charge in [0.05, 0.1) is 18.8 Å². The molecular formula is C29H26N4O. The number of hydrogen-bond acceptors (Lipinski definition) is 5. The molecule has 5 nitrogen and oxygen atoms in total. The minimum atomic E-state index is -0.573. The van der Waals surface area contributed by atoms with Crippen LogP contribution < -0.4 is 0 Å². The molecule has 3 aromatic carbocycles. The van der Waals surface area contributed by atoms with E-state index in [0.29, 0.717) is 24.8 Å². The molecule has 1 aliphatic rings. The topological polar surface area (TPSA) is 54.5 Å². The Bertz CT molecular complexity index is 1210. The molecule has 34 heavy (non-hydrogen) atoms. The van der Waals surface area contributed by atoms with Crippen LogP contribution in [0.1, 0.15) is 47.7 Å². The highest BCUT2D eigenvalue weighted by atomic mass is 16.5. The molecule has 0 amide bonds. The summed E-state index contributed by atoms with van der Waals surface area (Å²) in [6.07, 6.45) is 2.72. The first-order valence-corrected chi connectivity index (χ1v) is 11.6. The van der Waals surface area contributed by atoms with E-state index in [-0.39, 0.29) is 5.92 Å². The van der Waals surface area contributed by atoms with Crippen molar-refractivity contribution in [1.29, 1.82) is 0 Å². The van der Waals surface area contributed by atoms with Gasteiger partial charge in [0.25, 0.3) is 0 Å². The van der Waals surface area contributed by atoms with Crippen molar-refractivity contribution in [1.82, 2.24) is 15.0 Å². The van der Waals surface area contributed by atoms with E-state index in [1.54, 1.807) is 0 Å². The highest BCUT2D eigenvalue weighted by Gasteiger charge is 2.43. The van der Waals surface area contributed by atoms with Crippen LogP contribution in [-0.2, 0) is 5.54 Å². The zero-order chi connectivity index (χ0) is 23.2. The highest BCUT2D eigenvalue weighted by Crippen LogP contribution is 2.43. The molecule has 2 heterocycles. The van der Waals surface area contributed by atoms with Crippen molar-refractivity contribution in [2.45, 2.75) is 24.8 Å². The van der Waals surface area contributed by atoms with E-state index in [1.165, 1.54) is 16.7 Å². The molecule has 1 unspecified atom stereocenters. The Kier molecular flexibility index (Phi) is 6.22. The van der Waals surface area contributed by atoms with Gasteiger partial charge < -0.3 is 9.42 Å². The van der Waals surface area contributed by atoms with Crippen molar-refractivity contribution in [2.75, 3.05) is 13.1 Å². The first-order valence-electron chi connectivity index (χ1n) is 11.6. The van der Waals surface area contributed by atoms with Crippen molar-refractivity contribution in [2.24, 2.45) is 4.99 Å². The number of hydrogen-bond donors (Lipinski definition) is 0. The van der Waals surface area contributed by atoms with E-state index in [1.807, 2.05) is 13.3 Å². The van der Waals surface area contributed by atoms with Gasteiger partial charge in [-0.05, 0) is 27.8 Å². The number of benzene rings is 3. The Hall–Kier alpha value is -4.17. The molecule has 0 saturated heterocycles. The average molecular weight is 447 g/mol. The molecule has 1 aromatic heterocycles. The van der Waals surface area contributed by atoms with Crippen LogP contribution in [0.4, 0.5) is 0 Å². The minimum Gasteiger partial charge on any atom is -0.344 e. The van der Waals surface area contributed by atoms with Gasteiger partial charge in [-0.3, -0.25) is 4.99 Å². The van der Waals surface area contributed by atoms with Gasteiger partial charge in [0, 0.05) is 13.0 Å².